The molecule has 1 amide bonds. The first-order valence-corrected chi connectivity index (χ1v) is 11.4. The summed E-state index contributed by atoms with van der Waals surface area (Å²) in [7, 11) is 0. The lowest BCUT2D eigenvalue weighted by atomic mass is 10.1. The van der Waals surface area contributed by atoms with Gasteiger partial charge in [-0.2, -0.15) is 0 Å². The van der Waals surface area contributed by atoms with Gasteiger partial charge in [-0.25, -0.2) is 18.9 Å². The molecule has 9 nitrogen and oxygen atoms in total. The molecule has 0 bridgehead atoms. The lowest BCUT2D eigenvalue weighted by molar-refractivity contribution is -0.117. The van der Waals surface area contributed by atoms with Crippen LogP contribution in [0.15, 0.2) is 65.7 Å². The Balaban J connectivity index is 1.34. The molecular weight excluding hydrogens is 454 g/mol. The van der Waals surface area contributed by atoms with E-state index in [4.69, 9.17) is 11.6 Å². The summed E-state index contributed by atoms with van der Waals surface area (Å²) in [5.41, 5.74) is 3.09. The molecule has 1 aliphatic heterocycles. The van der Waals surface area contributed by atoms with E-state index in [0.29, 0.717) is 22.2 Å². The van der Waals surface area contributed by atoms with Crippen LogP contribution in [-0.4, -0.2) is 51.3 Å². The average Bonchev–Trinajstić information content (AvgIpc) is 3.15. The highest BCUT2D eigenvalue weighted by atomic mass is 35.5. The summed E-state index contributed by atoms with van der Waals surface area (Å²) in [4.78, 5) is 34.4. The van der Waals surface area contributed by atoms with Gasteiger partial charge < -0.3 is 15.1 Å². The second-order valence-electron chi connectivity index (χ2n) is 8.20. The number of para-hydroxylation sites is 1. The first kappa shape index (κ1) is 22.0. The van der Waals surface area contributed by atoms with Crippen molar-refractivity contribution in [2.45, 2.75) is 13.5 Å². The number of halogens is 1. The fourth-order valence-electron chi connectivity index (χ4n) is 4.24. The zero-order chi connectivity index (χ0) is 23.7. The van der Waals surface area contributed by atoms with Crippen molar-refractivity contribution in [1.82, 2.24) is 19.2 Å². The molecule has 4 aromatic rings. The van der Waals surface area contributed by atoms with E-state index < -0.39 is 5.69 Å². The predicted octanol–water partition coefficient (Wildman–Crippen LogP) is 2.82. The third-order valence-corrected chi connectivity index (χ3v) is 6.16. The fourth-order valence-corrected chi connectivity index (χ4v) is 4.43. The number of nitrogens with one attached hydrogen (secondary N) is 1. The Labute approximate surface area is 201 Å². The van der Waals surface area contributed by atoms with Gasteiger partial charge in [0, 0.05) is 55.0 Å². The summed E-state index contributed by atoms with van der Waals surface area (Å²) in [6.45, 7) is 5.06. The van der Waals surface area contributed by atoms with Crippen LogP contribution in [0.2, 0.25) is 5.02 Å². The van der Waals surface area contributed by atoms with Gasteiger partial charge in [-0.05, 0) is 36.8 Å². The number of carbonyl (C=O) groups excluding carboxylic acids is 1. The number of aryl methyl sites for hydroxylation is 1. The molecule has 3 heterocycles. The number of fused-ring (bicyclic) bond motifs is 1. The predicted molar refractivity (Wildman–Crippen MR) is 133 cm³/mol. The molecule has 0 saturated carbocycles. The molecule has 0 unspecified atom stereocenters. The smallest absolute Gasteiger partial charge is 0.350 e. The third-order valence-electron chi connectivity index (χ3n) is 5.92. The Bertz CT molecular complexity index is 1410. The van der Waals surface area contributed by atoms with Gasteiger partial charge in [0.05, 0.1) is 0 Å². The van der Waals surface area contributed by atoms with Gasteiger partial charge in [0.2, 0.25) is 11.6 Å². The highest BCUT2D eigenvalue weighted by Gasteiger charge is 2.23. The number of amides is 1. The van der Waals surface area contributed by atoms with Gasteiger partial charge in [0.15, 0.2) is 5.82 Å². The van der Waals surface area contributed by atoms with E-state index in [1.54, 1.807) is 36.7 Å². The summed E-state index contributed by atoms with van der Waals surface area (Å²) < 4.78 is 2.59. The van der Waals surface area contributed by atoms with Crippen molar-refractivity contribution in [3.8, 4) is 0 Å². The number of aromatic nitrogens is 4. The van der Waals surface area contributed by atoms with E-state index in [2.05, 4.69) is 50.3 Å². The molecule has 10 heteroatoms. The van der Waals surface area contributed by atoms with Crippen LogP contribution >= 0.6 is 11.6 Å². The Morgan fingerprint density at radius 1 is 1.06 bits per heavy atom. The van der Waals surface area contributed by atoms with Crippen LogP contribution in [0.1, 0.15) is 5.56 Å². The molecule has 1 N–H and O–H groups in total. The van der Waals surface area contributed by atoms with Crippen molar-refractivity contribution in [1.29, 1.82) is 0 Å². The number of nitrogens with zero attached hydrogens (tertiary/aromatic N) is 6. The van der Waals surface area contributed by atoms with Gasteiger partial charge in [-0.3, -0.25) is 4.79 Å². The van der Waals surface area contributed by atoms with Crippen LogP contribution in [0.4, 0.5) is 17.2 Å². The first-order valence-electron chi connectivity index (χ1n) is 11.0. The molecule has 1 aliphatic rings. The molecule has 0 atom stereocenters. The number of carbonyl (C=O) groups is 1. The normalized spacial score (nSPS) is 13.9. The summed E-state index contributed by atoms with van der Waals surface area (Å²) in [5, 5.41) is 7.70. The Hall–Kier alpha value is -3.85. The summed E-state index contributed by atoms with van der Waals surface area (Å²) in [5.74, 6) is 0.271. The number of hydrogen-bond donors (Lipinski definition) is 1. The van der Waals surface area contributed by atoms with Gasteiger partial charge in [0.1, 0.15) is 6.54 Å². The lowest BCUT2D eigenvalue weighted by Crippen LogP contribution is -2.47. The third kappa shape index (κ3) is 4.34. The monoisotopic (exact) mass is 477 g/mol. The molecule has 5 rings (SSSR count). The van der Waals surface area contributed by atoms with Crippen molar-refractivity contribution in [3.05, 3.63) is 82.0 Å². The highest BCUT2D eigenvalue weighted by Crippen LogP contribution is 2.23. The fraction of sp³-hybridized carbons (Fsp3) is 0.250. The van der Waals surface area contributed by atoms with Crippen LogP contribution in [0.5, 0.6) is 0 Å². The second kappa shape index (κ2) is 9.18. The topological polar surface area (TPSA) is 87.8 Å². The number of hydrogen-bond acceptors (Lipinski definition) is 6. The quantitative estimate of drug-likeness (QED) is 0.475. The number of piperazine rings is 1. The van der Waals surface area contributed by atoms with Gasteiger partial charge >= 0.3 is 5.69 Å². The minimum absolute atomic E-state index is 0.215. The minimum Gasteiger partial charge on any atom is -0.368 e. The van der Waals surface area contributed by atoms with E-state index >= 15 is 0 Å². The van der Waals surface area contributed by atoms with E-state index in [-0.39, 0.29) is 12.5 Å². The Kier molecular flexibility index (Phi) is 5.93. The van der Waals surface area contributed by atoms with Crippen molar-refractivity contribution in [3.63, 3.8) is 0 Å². The van der Waals surface area contributed by atoms with E-state index in [9.17, 15) is 9.59 Å². The summed E-state index contributed by atoms with van der Waals surface area (Å²) >= 11 is 5.97. The van der Waals surface area contributed by atoms with Crippen molar-refractivity contribution >= 4 is 40.3 Å². The summed E-state index contributed by atoms with van der Waals surface area (Å²) in [6, 6.07) is 15.2. The van der Waals surface area contributed by atoms with Crippen LogP contribution < -0.4 is 20.8 Å². The molecule has 0 radical (unpaired) electrons. The molecule has 0 aliphatic carbocycles. The SMILES string of the molecule is Cc1ccccc1N1CCN(c2nccn3c(=O)n(CC(=O)Nc4cccc(Cl)c4)nc23)CC1. The molecule has 174 valence electrons. The lowest BCUT2D eigenvalue weighted by Gasteiger charge is -2.37. The molecule has 1 saturated heterocycles. The molecule has 0 spiro atoms. The maximum atomic E-state index is 12.9. The standard InChI is InChI=1S/C24H24ClN7O2/c1-17-5-2-3-8-20(17)29-11-13-30(14-12-29)22-23-28-32(24(34)31(23)10-9-26-22)16-21(33)27-19-7-4-6-18(25)15-19/h2-10,15H,11-14,16H2,1H3,(H,27,33). The highest BCUT2D eigenvalue weighted by molar-refractivity contribution is 6.30. The van der Waals surface area contributed by atoms with Gasteiger partial charge in [-0.1, -0.05) is 35.9 Å². The zero-order valence-corrected chi connectivity index (χ0v) is 19.4. The molecular formula is C24H24ClN7O2. The Morgan fingerprint density at radius 2 is 1.82 bits per heavy atom. The van der Waals surface area contributed by atoms with Crippen LogP contribution in [0, 0.1) is 6.92 Å². The summed E-state index contributed by atoms with van der Waals surface area (Å²) in [6.07, 6.45) is 3.17. The maximum absolute atomic E-state index is 12.9. The minimum atomic E-state index is -0.390. The second-order valence-corrected chi connectivity index (χ2v) is 8.64. The average molecular weight is 478 g/mol. The molecule has 1 fully saturated rings. The number of benzene rings is 2. The van der Waals surface area contributed by atoms with Crippen LogP contribution in [-0.2, 0) is 11.3 Å². The zero-order valence-electron chi connectivity index (χ0n) is 18.7. The van der Waals surface area contributed by atoms with Crippen LogP contribution in [0.3, 0.4) is 0 Å². The van der Waals surface area contributed by atoms with Crippen molar-refractivity contribution in [2.75, 3.05) is 41.3 Å². The van der Waals surface area contributed by atoms with Gasteiger partial charge in [0.25, 0.3) is 0 Å². The maximum Gasteiger partial charge on any atom is 0.350 e. The molecule has 34 heavy (non-hydrogen) atoms. The number of anilines is 3. The van der Waals surface area contributed by atoms with Gasteiger partial charge in [-0.15, -0.1) is 5.10 Å². The van der Waals surface area contributed by atoms with Crippen molar-refractivity contribution < 1.29 is 4.79 Å². The number of rotatable bonds is 5. The van der Waals surface area contributed by atoms with Crippen molar-refractivity contribution in [2.24, 2.45) is 0 Å². The molecule has 2 aromatic carbocycles. The van der Waals surface area contributed by atoms with E-state index in [1.165, 1.54) is 15.7 Å². The molecule has 2 aromatic heterocycles. The Morgan fingerprint density at radius 3 is 2.59 bits per heavy atom. The van der Waals surface area contributed by atoms with Crippen LogP contribution in [0.25, 0.3) is 5.65 Å². The largest absolute Gasteiger partial charge is 0.368 e. The van der Waals surface area contributed by atoms with E-state index in [0.717, 1.165) is 30.9 Å². The first-order chi connectivity index (χ1) is 16.5. The van der Waals surface area contributed by atoms with E-state index in [1.807, 2.05) is 6.07 Å².